The first-order chi connectivity index (χ1) is 15.3. The second-order valence-electron chi connectivity index (χ2n) is 13.4. The van der Waals surface area contributed by atoms with E-state index in [0.717, 1.165) is 38.5 Å². The van der Waals surface area contributed by atoms with Crippen LogP contribution in [0.3, 0.4) is 0 Å². The van der Waals surface area contributed by atoms with Crippen LogP contribution in [0.5, 0.6) is 0 Å². The SMILES string of the molecule is CC1(C)CC(OC2OC(CO)C(O)C(O)C2O)CC2(C)C1CCC13CC(CCC12)C(C)(O)C3. The Morgan fingerprint density at radius 2 is 1.61 bits per heavy atom. The third-order valence-corrected chi connectivity index (χ3v) is 10.8. The fourth-order valence-electron chi connectivity index (χ4n) is 9.72. The summed E-state index contributed by atoms with van der Waals surface area (Å²) in [5.41, 5.74) is -0.247. The van der Waals surface area contributed by atoms with Crippen molar-refractivity contribution in [2.75, 3.05) is 6.61 Å². The Balaban J connectivity index is 1.40. The Labute approximate surface area is 197 Å². The van der Waals surface area contributed by atoms with Gasteiger partial charge in [0, 0.05) is 0 Å². The summed E-state index contributed by atoms with van der Waals surface area (Å²) < 4.78 is 12.0. The van der Waals surface area contributed by atoms with Gasteiger partial charge in [0.1, 0.15) is 24.4 Å². The molecule has 5 N–H and O–H groups in total. The third kappa shape index (κ3) is 3.64. The van der Waals surface area contributed by atoms with Gasteiger partial charge >= 0.3 is 0 Å². The van der Waals surface area contributed by atoms with Crippen molar-refractivity contribution in [3.05, 3.63) is 0 Å². The number of fused-ring (bicyclic) bond motifs is 3. The first-order valence-corrected chi connectivity index (χ1v) is 13.0. The normalized spacial score (nSPS) is 57.9. The van der Waals surface area contributed by atoms with Gasteiger partial charge < -0.3 is 35.0 Å². The van der Waals surface area contributed by atoms with Crippen LogP contribution < -0.4 is 0 Å². The molecule has 0 aromatic heterocycles. The van der Waals surface area contributed by atoms with E-state index >= 15 is 0 Å². The minimum atomic E-state index is -1.42. The van der Waals surface area contributed by atoms with Gasteiger partial charge in [0.15, 0.2) is 6.29 Å². The number of ether oxygens (including phenoxy) is 2. The molecule has 1 heterocycles. The summed E-state index contributed by atoms with van der Waals surface area (Å²) in [6.07, 6.45) is 1.97. The largest absolute Gasteiger partial charge is 0.394 e. The Morgan fingerprint density at radius 3 is 2.30 bits per heavy atom. The van der Waals surface area contributed by atoms with E-state index in [4.69, 9.17) is 9.47 Å². The molecule has 4 saturated carbocycles. The van der Waals surface area contributed by atoms with Crippen molar-refractivity contribution in [2.45, 2.75) is 121 Å². The summed E-state index contributed by atoms with van der Waals surface area (Å²) in [6, 6.07) is 0. The van der Waals surface area contributed by atoms with Crippen molar-refractivity contribution < 1.29 is 35.0 Å². The summed E-state index contributed by atoms with van der Waals surface area (Å²) in [5.74, 6) is 1.51. The number of aliphatic hydroxyl groups excluding tert-OH is 4. The molecule has 12 atom stereocenters. The first kappa shape index (κ1) is 24.4. The van der Waals surface area contributed by atoms with Gasteiger partial charge in [0.05, 0.1) is 18.3 Å². The van der Waals surface area contributed by atoms with Crippen molar-refractivity contribution >= 4 is 0 Å². The van der Waals surface area contributed by atoms with E-state index in [2.05, 4.69) is 20.8 Å². The molecular weight excluding hydrogens is 424 g/mol. The van der Waals surface area contributed by atoms with E-state index in [9.17, 15) is 25.5 Å². The van der Waals surface area contributed by atoms with Crippen molar-refractivity contribution in [1.82, 2.24) is 0 Å². The molecule has 190 valence electrons. The van der Waals surface area contributed by atoms with E-state index in [0.29, 0.717) is 17.8 Å². The van der Waals surface area contributed by atoms with Crippen LogP contribution in [0.2, 0.25) is 0 Å². The van der Waals surface area contributed by atoms with Gasteiger partial charge in [0.2, 0.25) is 0 Å². The van der Waals surface area contributed by atoms with Crippen LogP contribution in [-0.4, -0.2) is 74.6 Å². The molecule has 0 aromatic rings. The van der Waals surface area contributed by atoms with Crippen molar-refractivity contribution in [2.24, 2.45) is 34.0 Å². The maximum Gasteiger partial charge on any atom is 0.186 e. The molecule has 5 aliphatic rings. The van der Waals surface area contributed by atoms with E-state index in [1.165, 1.54) is 12.8 Å². The van der Waals surface area contributed by atoms with Gasteiger partial charge in [-0.2, -0.15) is 0 Å². The average Bonchev–Trinajstić information content (AvgIpc) is 2.90. The number of rotatable bonds is 3. The molecule has 33 heavy (non-hydrogen) atoms. The molecule has 1 spiro atoms. The Kier molecular flexibility index (Phi) is 5.81. The Morgan fingerprint density at radius 1 is 0.879 bits per heavy atom. The molecule has 5 fully saturated rings. The molecule has 5 rings (SSSR count). The smallest absolute Gasteiger partial charge is 0.186 e. The fourth-order valence-corrected chi connectivity index (χ4v) is 9.72. The minimum Gasteiger partial charge on any atom is -0.394 e. The molecule has 1 aliphatic heterocycles. The predicted octanol–water partition coefficient (Wildman–Crippen LogP) is 1.97. The quantitative estimate of drug-likeness (QED) is 0.402. The van der Waals surface area contributed by atoms with Crippen LogP contribution in [0.4, 0.5) is 0 Å². The van der Waals surface area contributed by atoms with Gasteiger partial charge in [-0.1, -0.05) is 20.8 Å². The topological polar surface area (TPSA) is 120 Å². The highest BCUT2D eigenvalue weighted by molar-refractivity contribution is 5.16. The predicted molar refractivity (Wildman–Crippen MR) is 121 cm³/mol. The standard InChI is InChI=1S/C26H44O7/c1-23(2)10-15(32-22-21(30)20(29)19(28)16(12-27)33-22)11-24(3)17(23)7-8-26-9-14(5-6-18(24)26)25(4,31)13-26/h14-22,27-31H,5-13H2,1-4H3. The molecule has 7 nitrogen and oxygen atoms in total. The number of aliphatic hydroxyl groups is 5. The van der Waals surface area contributed by atoms with Crippen LogP contribution in [0.15, 0.2) is 0 Å². The maximum absolute atomic E-state index is 11.1. The zero-order valence-electron chi connectivity index (χ0n) is 20.6. The zero-order chi connectivity index (χ0) is 24.0. The highest BCUT2D eigenvalue weighted by Gasteiger charge is 2.67. The highest BCUT2D eigenvalue weighted by atomic mass is 16.7. The lowest BCUT2D eigenvalue weighted by Crippen LogP contribution is -2.62. The van der Waals surface area contributed by atoms with Crippen molar-refractivity contribution in [1.29, 1.82) is 0 Å². The first-order valence-electron chi connectivity index (χ1n) is 13.0. The number of hydrogen-bond donors (Lipinski definition) is 5. The maximum atomic E-state index is 11.1. The van der Waals surface area contributed by atoms with Crippen LogP contribution in [0.25, 0.3) is 0 Å². The van der Waals surface area contributed by atoms with E-state index in [1.807, 2.05) is 6.92 Å². The molecule has 4 aliphatic carbocycles. The van der Waals surface area contributed by atoms with Crippen LogP contribution in [0, 0.1) is 34.0 Å². The van der Waals surface area contributed by atoms with Gasteiger partial charge in [-0.05, 0) is 92.3 Å². The fraction of sp³-hybridized carbons (Fsp3) is 1.00. The van der Waals surface area contributed by atoms with E-state index in [-0.39, 0.29) is 22.3 Å². The summed E-state index contributed by atoms with van der Waals surface area (Å²) in [7, 11) is 0. The molecule has 0 amide bonds. The lowest BCUT2D eigenvalue weighted by molar-refractivity contribution is -0.322. The molecule has 1 saturated heterocycles. The van der Waals surface area contributed by atoms with Crippen molar-refractivity contribution in [3.8, 4) is 0 Å². The second-order valence-corrected chi connectivity index (χ2v) is 13.4. The third-order valence-electron chi connectivity index (χ3n) is 10.8. The van der Waals surface area contributed by atoms with Crippen LogP contribution >= 0.6 is 0 Å². The molecule has 12 unspecified atom stereocenters. The minimum absolute atomic E-state index is 0.0470. The van der Waals surface area contributed by atoms with Crippen molar-refractivity contribution in [3.63, 3.8) is 0 Å². The zero-order valence-corrected chi connectivity index (χ0v) is 20.6. The average molecular weight is 469 g/mol. The molecule has 2 bridgehead atoms. The lowest BCUT2D eigenvalue weighted by Gasteiger charge is -2.65. The summed E-state index contributed by atoms with van der Waals surface area (Å²) in [4.78, 5) is 0. The van der Waals surface area contributed by atoms with E-state index in [1.54, 1.807) is 0 Å². The Bertz CT molecular complexity index is 753. The molecule has 7 heteroatoms. The van der Waals surface area contributed by atoms with Gasteiger partial charge in [-0.15, -0.1) is 0 Å². The highest BCUT2D eigenvalue weighted by Crippen LogP contribution is 2.73. The second kappa shape index (κ2) is 7.86. The van der Waals surface area contributed by atoms with Crippen LogP contribution in [0.1, 0.15) is 79.1 Å². The van der Waals surface area contributed by atoms with Gasteiger partial charge in [-0.25, -0.2) is 0 Å². The lowest BCUT2D eigenvalue weighted by atomic mass is 9.41. The summed E-state index contributed by atoms with van der Waals surface area (Å²) >= 11 is 0. The summed E-state index contributed by atoms with van der Waals surface area (Å²) in [5, 5.41) is 51.6. The van der Waals surface area contributed by atoms with E-state index < -0.39 is 42.9 Å². The van der Waals surface area contributed by atoms with Crippen LogP contribution in [-0.2, 0) is 9.47 Å². The molecule has 0 aromatic carbocycles. The number of hydrogen-bond acceptors (Lipinski definition) is 7. The Hall–Kier alpha value is -0.280. The monoisotopic (exact) mass is 468 g/mol. The summed E-state index contributed by atoms with van der Waals surface area (Å²) in [6.45, 7) is 8.67. The van der Waals surface area contributed by atoms with Gasteiger partial charge in [-0.3, -0.25) is 0 Å². The molecule has 0 radical (unpaired) electrons. The van der Waals surface area contributed by atoms with Gasteiger partial charge in [0.25, 0.3) is 0 Å². The molecular formula is C26H44O7.